The summed E-state index contributed by atoms with van der Waals surface area (Å²) in [6.45, 7) is 0. The van der Waals surface area contributed by atoms with Gasteiger partial charge < -0.3 is 5.11 Å². The molecule has 1 N–H and O–H groups in total. The van der Waals surface area contributed by atoms with E-state index in [1.165, 1.54) is 6.20 Å². The molecule has 0 aromatic carbocycles. The maximum absolute atomic E-state index is 10.9. The van der Waals surface area contributed by atoms with Crippen molar-refractivity contribution in [3.63, 3.8) is 0 Å². The van der Waals surface area contributed by atoms with Gasteiger partial charge in [0.1, 0.15) is 0 Å². The molecule has 0 unspecified atom stereocenters. The number of carboxylic acid groups (broad SMARTS) is 1. The zero-order valence-corrected chi connectivity index (χ0v) is 9.19. The molecule has 6 heteroatoms. The topological polar surface area (TPSA) is 80.4 Å². The minimum absolute atomic E-state index is 0.139. The van der Waals surface area contributed by atoms with Gasteiger partial charge in [-0.1, -0.05) is 0 Å². The van der Waals surface area contributed by atoms with Gasteiger partial charge in [0.25, 0.3) is 0 Å². The molecule has 3 aromatic rings. The van der Waals surface area contributed by atoms with Crippen LogP contribution in [-0.4, -0.2) is 30.7 Å². The van der Waals surface area contributed by atoms with E-state index in [9.17, 15) is 4.79 Å². The van der Waals surface area contributed by atoms with E-state index in [0.717, 1.165) is 5.65 Å². The number of rotatable bonds is 2. The van der Waals surface area contributed by atoms with Crippen molar-refractivity contribution in [1.82, 2.24) is 19.6 Å². The number of nitrogens with zero attached hydrogens (tertiary/aromatic N) is 4. The Labute approximate surface area is 102 Å². The fraction of sp³-hybridized carbons (Fsp3) is 0. The summed E-state index contributed by atoms with van der Waals surface area (Å²) < 4.78 is 1.63. The number of pyridine rings is 1. The summed E-state index contributed by atoms with van der Waals surface area (Å²) in [4.78, 5) is 18.9. The van der Waals surface area contributed by atoms with E-state index in [1.54, 1.807) is 35.2 Å². The van der Waals surface area contributed by atoms with E-state index in [0.29, 0.717) is 11.3 Å². The lowest BCUT2D eigenvalue weighted by Crippen LogP contribution is -1.99. The van der Waals surface area contributed by atoms with Crippen LogP contribution in [0.3, 0.4) is 0 Å². The van der Waals surface area contributed by atoms with Gasteiger partial charge in [0.15, 0.2) is 5.65 Å². The molecular formula is C12H8N4O2. The van der Waals surface area contributed by atoms with Gasteiger partial charge in [0.2, 0.25) is 0 Å². The number of aromatic nitrogens is 4. The smallest absolute Gasteiger partial charge is 0.337 e. The van der Waals surface area contributed by atoms with E-state index in [2.05, 4.69) is 15.1 Å². The minimum Gasteiger partial charge on any atom is -0.478 e. The molecule has 0 spiro atoms. The third kappa shape index (κ3) is 1.69. The summed E-state index contributed by atoms with van der Waals surface area (Å²) in [6.07, 6.45) is 6.27. The zero-order chi connectivity index (χ0) is 12.5. The molecule has 0 atom stereocenters. The molecule has 3 rings (SSSR count). The van der Waals surface area contributed by atoms with Gasteiger partial charge in [-0.15, -0.1) is 0 Å². The quantitative estimate of drug-likeness (QED) is 0.734. The molecule has 0 aliphatic carbocycles. The molecule has 0 saturated carbocycles. The van der Waals surface area contributed by atoms with E-state index in [1.807, 2.05) is 6.07 Å². The Bertz CT molecular complexity index is 736. The molecule has 0 saturated heterocycles. The number of imidazole rings is 1. The molecule has 0 bridgehead atoms. The average Bonchev–Trinajstić information content (AvgIpc) is 2.86. The van der Waals surface area contributed by atoms with Crippen LogP contribution in [0.4, 0.5) is 0 Å². The monoisotopic (exact) mass is 240 g/mol. The first-order valence-corrected chi connectivity index (χ1v) is 5.23. The first-order chi connectivity index (χ1) is 8.74. The predicted octanol–water partition coefficient (Wildman–Crippen LogP) is 1.49. The van der Waals surface area contributed by atoms with Crippen LogP contribution in [-0.2, 0) is 0 Å². The van der Waals surface area contributed by atoms with E-state index < -0.39 is 5.97 Å². The third-order valence-corrected chi connectivity index (χ3v) is 2.54. The van der Waals surface area contributed by atoms with Gasteiger partial charge in [-0.3, -0.25) is 4.98 Å². The van der Waals surface area contributed by atoms with Crippen molar-refractivity contribution in [3.05, 3.63) is 48.5 Å². The van der Waals surface area contributed by atoms with Crippen molar-refractivity contribution in [2.45, 2.75) is 0 Å². The molecule has 6 nitrogen and oxygen atoms in total. The highest BCUT2D eigenvalue weighted by Gasteiger charge is 2.07. The van der Waals surface area contributed by atoms with Gasteiger partial charge in [-0.25, -0.2) is 14.3 Å². The van der Waals surface area contributed by atoms with E-state index >= 15 is 0 Å². The fourth-order valence-corrected chi connectivity index (χ4v) is 1.67. The number of fused-ring (bicyclic) bond motifs is 1. The van der Waals surface area contributed by atoms with Gasteiger partial charge in [0, 0.05) is 30.4 Å². The lowest BCUT2D eigenvalue weighted by molar-refractivity contribution is 0.0696. The molecule has 88 valence electrons. The second kappa shape index (κ2) is 3.92. The summed E-state index contributed by atoms with van der Waals surface area (Å²) in [5.74, 6) is -1.01. The molecule has 0 aliphatic rings. The lowest BCUT2D eigenvalue weighted by atomic mass is 10.1. The largest absolute Gasteiger partial charge is 0.478 e. The number of carbonyl (C=O) groups is 1. The molecule has 0 amide bonds. The van der Waals surface area contributed by atoms with Crippen molar-refractivity contribution < 1.29 is 9.90 Å². The summed E-state index contributed by atoms with van der Waals surface area (Å²) >= 11 is 0. The summed E-state index contributed by atoms with van der Waals surface area (Å²) in [7, 11) is 0. The first-order valence-electron chi connectivity index (χ1n) is 5.23. The summed E-state index contributed by atoms with van der Waals surface area (Å²) in [5, 5.41) is 13.2. The number of hydrogen-bond acceptors (Lipinski definition) is 4. The Balaban J connectivity index is 2.13. The van der Waals surface area contributed by atoms with Crippen molar-refractivity contribution in [2.24, 2.45) is 0 Å². The highest BCUT2D eigenvalue weighted by atomic mass is 16.4. The SMILES string of the molecule is O=C(O)c1cncc(-c2ccc3nccn3n2)c1. The Morgan fingerprint density at radius 1 is 1.28 bits per heavy atom. The molecule has 0 fully saturated rings. The van der Waals surface area contributed by atoms with Crippen molar-refractivity contribution in [2.75, 3.05) is 0 Å². The minimum atomic E-state index is -1.01. The maximum atomic E-state index is 10.9. The number of hydrogen-bond donors (Lipinski definition) is 1. The highest BCUT2D eigenvalue weighted by Crippen LogP contribution is 2.17. The van der Waals surface area contributed by atoms with Gasteiger partial charge in [0.05, 0.1) is 11.3 Å². The second-order valence-electron chi connectivity index (χ2n) is 3.72. The van der Waals surface area contributed by atoms with E-state index in [4.69, 9.17) is 5.11 Å². The molecule has 0 radical (unpaired) electrons. The van der Waals surface area contributed by atoms with Crippen LogP contribution in [0.5, 0.6) is 0 Å². The predicted molar refractivity (Wildman–Crippen MR) is 63.2 cm³/mol. The molecule has 0 aliphatic heterocycles. The van der Waals surface area contributed by atoms with Crippen LogP contribution < -0.4 is 0 Å². The van der Waals surface area contributed by atoms with Crippen LogP contribution in [0, 0.1) is 0 Å². The standard InChI is InChI=1S/C12H8N4O2/c17-12(18)9-5-8(6-13-7-9)10-1-2-11-14-3-4-16(11)15-10/h1-7H,(H,17,18). The van der Waals surface area contributed by atoms with Gasteiger partial charge >= 0.3 is 5.97 Å². The average molecular weight is 240 g/mol. The summed E-state index contributed by atoms with van der Waals surface area (Å²) in [6, 6.07) is 5.14. The van der Waals surface area contributed by atoms with Crippen LogP contribution in [0.25, 0.3) is 16.9 Å². The molecule has 3 heterocycles. The van der Waals surface area contributed by atoms with Gasteiger partial charge in [-0.2, -0.15) is 5.10 Å². The van der Waals surface area contributed by atoms with Crippen LogP contribution in [0.15, 0.2) is 43.0 Å². The normalized spacial score (nSPS) is 10.7. The Morgan fingerprint density at radius 2 is 2.17 bits per heavy atom. The van der Waals surface area contributed by atoms with Crippen molar-refractivity contribution >= 4 is 11.6 Å². The van der Waals surface area contributed by atoms with Crippen LogP contribution >= 0.6 is 0 Å². The third-order valence-electron chi connectivity index (χ3n) is 2.54. The van der Waals surface area contributed by atoms with Crippen molar-refractivity contribution in [3.8, 4) is 11.3 Å². The number of aromatic carboxylic acids is 1. The Kier molecular flexibility index (Phi) is 2.26. The van der Waals surface area contributed by atoms with Crippen LogP contribution in [0.2, 0.25) is 0 Å². The van der Waals surface area contributed by atoms with Crippen LogP contribution in [0.1, 0.15) is 10.4 Å². The fourth-order valence-electron chi connectivity index (χ4n) is 1.67. The van der Waals surface area contributed by atoms with Crippen molar-refractivity contribution in [1.29, 1.82) is 0 Å². The zero-order valence-electron chi connectivity index (χ0n) is 9.19. The van der Waals surface area contributed by atoms with Gasteiger partial charge in [-0.05, 0) is 18.2 Å². The Morgan fingerprint density at radius 3 is 3.00 bits per heavy atom. The molecular weight excluding hydrogens is 232 g/mol. The second-order valence-corrected chi connectivity index (χ2v) is 3.72. The lowest BCUT2D eigenvalue weighted by Gasteiger charge is -2.02. The maximum Gasteiger partial charge on any atom is 0.337 e. The number of carboxylic acids is 1. The Hall–Kier alpha value is -2.76. The summed E-state index contributed by atoms with van der Waals surface area (Å²) in [5.41, 5.74) is 2.18. The highest BCUT2D eigenvalue weighted by molar-refractivity contribution is 5.88. The first kappa shape index (κ1) is 10.4. The molecule has 18 heavy (non-hydrogen) atoms. The van der Waals surface area contributed by atoms with E-state index in [-0.39, 0.29) is 5.56 Å². The molecule has 3 aromatic heterocycles.